The van der Waals surface area contributed by atoms with Gasteiger partial charge in [-0.15, -0.1) is 12.1 Å². The number of nitrogens with zero attached hydrogens (tertiary/aromatic N) is 1. The summed E-state index contributed by atoms with van der Waals surface area (Å²) in [5.41, 5.74) is 2.46. The Hall–Kier alpha value is -0.966. The van der Waals surface area contributed by atoms with Gasteiger partial charge in [0.05, 0.1) is 0 Å². The Bertz CT molecular complexity index is 635. The van der Waals surface area contributed by atoms with Crippen molar-refractivity contribution >= 4 is 0 Å². The van der Waals surface area contributed by atoms with Crippen LogP contribution in [0.1, 0.15) is 12.5 Å². The van der Waals surface area contributed by atoms with Gasteiger partial charge in [0.15, 0.2) is 12.4 Å². The van der Waals surface area contributed by atoms with Gasteiger partial charge in [0.2, 0.25) is 0 Å². The summed E-state index contributed by atoms with van der Waals surface area (Å²) >= 11 is 0. The molecule has 0 unspecified atom stereocenters. The number of ether oxygens (including phenoxy) is 2. The van der Waals surface area contributed by atoms with Crippen LogP contribution in [0.4, 0.5) is 0 Å². The Balaban J connectivity index is 0.00000220. The SMILES string of the molecule is CCn1c(-c2ccc(OCOC)cc2)[c-]cc(C)c1=O.[Y]. The van der Waals surface area contributed by atoms with E-state index in [2.05, 4.69) is 6.07 Å². The van der Waals surface area contributed by atoms with Crippen molar-refractivity contribution in [3.8, 4) is 17.0 Å². The van der Waals surface area contributed by atoms with Crippen LogP contribution in [0, 0.1) is 13.0 Å². The maximum atomic E-state index is 12.1. The topological polar surface area (TPSA) is 40.5 Å². The number of aryl methyl sites for hydroxylation is 1. The van der Waals surface area contributed by atoms with Gasteiger partial charge in [-0.2, -0.15) is 12.1 Å². The molecule has 109 valence electrons. The fourth-order valence-electron chi connectivity index (χ4n) is 2.01. The first-order valence-electron chi connectivity index (χ1n) is 6.51. The molecule has 0 amide bonds. The van der Waals surface area contributed by atoms with Crippen LogP contribution in [0.3, 0.4) is 0 Å². The summed E-state index contributed by atoms with van der Waals surface area (Å²) in [4.78, 5) is 12.1. The quantitative estimate of drug-likeness (QED) is 0.607. The van der Waals surface area contributed by atoms with Crippen molar-refractivity contribution in [3.63, 3.8) is 0 Å². The van der Waals surface area contributed by atoms with Crippen LogP contribution in [0.5, 0.6) is 5.75 Å². The Morgan fingerprint density at radius 1 is 1.24 bits per heavy atom. The van der Waals surface area contributed by atoms with Crippen LogP contribution in [0.2, 0.25) is 0 Å². The summed E-state index contributed by atoms with van der Waals surface area (Å²) in [6.07, 6.45) is 0. The molecule has 2 aromatic rings. The van der Waals surface area contributed by atoms with E-state index >= 15 is 0 Å². The molecule has 1 aromatic carbocycles. The van der Waals surface area contributed by atoms with E-state index in [4.69, 9.17) is 9.47 Å². The van der Waals surface area contributed by atoms with Gasteiger partial charge >= 0.3 is 0 Å². The molecule has 5 heteroatoms. The summed E-state index contributed by atoms with van der Waals surface area (Å²) in [5, 5.41) is 0. The van der Waals surface area contributed by atoms with E-state index in [0.29, 0.717) is 12.1 Å². The smallest absolute Gasteiger partial charge is 0.197 e. The van der Waals surface area contributed by atoms with Crippen molar-refractivity contribution < 1.29 is 42.2 Å². The number of hydrogen-bond acceptors (Lipinski definition) is 3. The first kappa shape index (κ1) is 18.1. The van der Waals surface area contributed by atoms with Crippen molar-refractivity contribution in [2.75, 3.05) is 13.9 Å². The van der Waals surface area contributed by atoms with Gasteiger partial charge in [-0.05, 0) is 19.1 Å². The van der Waals surface area contributed by atoms with Gasteiger partial charge in [-0.25, -0.2) is 0 Å². The number of pyridine rings is 1. The van der Waals surface area contributed by atoms with Crippen molar-refractivity contribution in [1.29, 1.82) is 0 Å². The Labute approximate surface area is 150 Å². The zero-order valence-corrected chi connectivity index (χ0v) is 15.4. The molecule has 4 nitrogen and oxygen atoms in total. The molecule has 0 atom stereocenters. The van der Waals surface area contributed by atoms with E-state index in [1.165, 1.54) is 0 Å². The molecule has 1 radical (unpaired) electrons. The van der Waals surface area contributed by atoms with Crippen molar-refractivity contribution in [1.82, 2.24) is 4.57 Å². The predicted molar refractivity (Wildman–Crippen MR) is 77.9 cm³/mol. The number of methoxy groups -OCH3 is 1. The van der Waals surface area contributed by atoms with Crippen molar-refractivity contribution in [2.45, 2.75) is 20.4 Å². The van der Waals surface area contributed by atoms with Gasteiger partial charge in [-0.3, -0.25) is 4.79 Å². The Morgan fingerprint density at radius 2 is 1.90 bits per heavy atom. The molecule has 0 aliphatic carbocycles. The molecule has 0 saturated heterocycles. The minimum absolute atomic E-state index is 0. The molecule has 0 bridgehead atoms. The average molecular weight is 361 g/mol. The minimum Gasteiger partial charge on any atom is -0.468 e. The number of benzene rings is 1. The molecule has 0 saturated carbocycles. The van der Waals surface area contributed by atoms with E-state index in [0.717, 1.165) is 17.0 Å². The van der Waals surface area contributed by atoms with Gasteiger partial charge < -0.3 is 14.0 Å². The average Bonchev–Trinajstić information content (AvgIpc) is 2.48. The largest absolute Gasteiger partial charge is 0.468 e. The van der Waals surface area contributed by atoms with Crippen molar-refractivity contribution in [3.05, 3.63) is 52.3 Å². The number of aromatic nitrogens is 1. The zero-order chi connectivity index (χ0) is 14.5. The summed E-state index contributed by atoms with van der Waals surface area (Å²) in [6, 6.07) is 12.4. The molecule has 2 rings (SSSR count). The van der Waals surface area contributed by atoms with Crippen LogP contribution in [-0.2, 0) is 44.0 Å². The van der Waals surface area contributed by atoms with Crippen molar-refractivity contribution in [2.24, 2.45) is 0 Å². The van der Waals surface area contributed by atoms with Gasteiger partial charge in [-0.1, -0.05) is 23.7 Å². The fraction of sp³-hybridized carbons (Fsp3) is 0.312. The summed E-state index contributed by atoms with van der Waals surface area (Å²) in [6.45, 7) is 4.59. The molecule has 0 fully saturated rings. The molecule has 21 heavy (non-hydrogen) atoms. The van der Waals surface area contributed by atoms with E-state index in [1.54, 1.807) is 24.7 Å². The fourth-order valence-corrected chi connectivity index (χ4v) is 2.01. The Morgan fingerprint density at radius 3 is 2.48 bits per heavy atom. The minimum atomic E-state index is 0. The molecular formula is C16H18NO3Y-. The monoisotopic (exact) mass is 361 g/mol. The molecule has 0 N–H and O–H groups in total. The van der Waals surface area contributed by atoms with Crippen LogP contribution < -0.4 is 10.3 Å². The number of rotatable bonds is 5. The second kappa shape index (κ2) is 8.47. The maximum absolute atomic E-state index is 12.1. The molecule has 1 heterocycles. The zero-order valence-electron chi connectivity index (χ0n) is 12.6. The van der Waals surface area contributed by atoms with Gasteiger partial charge in [0.25, 0.3) is 0 Å². The van der Waals surface area contributed by atoms with Gasteiger partial charge in [0, 0.05) is 46.4 Å². The van der Waals surface area contributed by atoms with Crippen LogP contribution in [0.15, 0.2) is 35.1 Å². The van der Waals surface area contributed by atoms with Crippen LogP contribution in [-0.4, -0.2) is 18.5 Å². The van der Waals surface area contributed by atoms with E-state index in [-0.39, 0.29) is 45.1 Å². The second-order valence-electron chi connectivity index (χ2n) is 4.44. The predicted octanol–water partition coefficient (Wildman–Crippen LogP) is 2.62. The number of hydrogen-bond donors (Lipinski definition) is 0. The Kier molecular flexibility index (Phi) is 7.29. The molecule has 0 spiro atoms. The molecule has 0 aliphatic heterocycles. The third-order valence-corrected chi connectivity index (χ3v) is 3.07. The first-order valence-corrected chi connectivity index (χ1v) is 6.51. The molecular weight excluding hydrogens is 343 g/mol. The summed E-state index contributed by atoms with van der Waals surface area (Å²) in [5.74, 6) is 0.730. The first-order chi connectivity index (χ1) is 9.67. The van der Waals surface area contributed by atoms with E-state index in [1.807, 2.05) is 31.2 Å². The summed E-state index contributed by atoms with van der Waals surface area (Å²) in [7, 11) is 1.58. The van der Waals surface area contributed by atoms with E-state index < -0.39 is 0 Å². The standard InChI is InChI=1S/C16H18NO3.Y/c1-4-17-15(10-5-12(2)16(17)18)13-6-8-14(9-7-13)20-11-19-3;/h5-9H,4,11H2,1-3H3;/q-1;. The summed E-state index contributed by atoms with van der Waals surface area (Å²) < 4.78 is 11.9. The molecule has 1 aromatic heterocycles. The van der Waals surface area contributed by atoms with E-state index in [9.17, 15) is 4.79 Å². The normalized spacial score (nSPS) is 10.0. The third-order valence-electron chi connectivity index (χ3n) is 3.07. The second-order valence-corrected chi connectivity index (χ2v) is 4.44. The van der Waals surface area contributed by atoms with Gasteiger partial charge in [0.1, 0.15) is 5.75 Å². The maximum Gasteiger partial charge on any atom is 0.197 e. The molecule has 0 aliphatic rings. The third kappa shape index (κ3) is 4.25. The van der Waals surface area contributed by atoms with Crippen LogP contribution >= 0.6 is 0 Å². The van der Waals surface area contributed by atoms with Crippen LogP contribution in [0.25, 0.3) is 11.3 Å².